The maximum Gasteiger partial charge on any atom is 0.416 e. The van der Waals surface area contributed by atoms with E-state index in [0.29, 0.717) is 23.3 Å². The molecule has 0 unspecified atom stereocenters. The lowest BCUT2D eigenvalue weighted by atomic mass is 10.1. The molecule has 0 spiro atoms. The molecule has 2 heterocycles. The standard InChI is InChI=1S/C21H25F3N6OS/c1-4-32-20-28-17(26-11-13(2)3)16-12-27-30(18(16)29-20)10-9-25-19(31)14-5-7-15(8-6-14)21(22,23)24/h5-8,12-13H,4,9-11H2,1-3H3,(H,25,31)(H,26,28,29). The maximum atomic E-state index is 12.7. The summed E-state index contributed by atoms with van der Waals surface area (Å²) in [6.45, 7) is 7.59. The van der Waals surface area contributed by atoms with Crippen molar-refractivity contribution in [1.82, 2.24) is 25.1 Å². The van der Waals surface area contributed by atoms with Crippen LogP contribution in [0.3, 0.4) is 0 Å². The Labute approximate surface area is 188 Å². The summed E-state index contributed by atoms with van der Waals surface area (Å²) in [5.41, 5.74) is 0.0258. The Hall–Kier alpha value is -2.82. The van der Waals surface area contributed by atoms with Gasteiger partial charge in [0.25, 0.3) is 5.91 Å². The van der Waals surface area contributed by atoms with E-state index in [4.69, 9.17) is 0 Å². The van der Waals surface area contributed by atoms with Crippen molar-refractivity contribution in [1.29, 1.82) is 0 Å². The number of aromatic nitrogens is 4. The van der Waals surface area contributed by atoms with Crippen LogP contribution >= 0.6 is 11.8 Å². The number of fused-ring (bicyclic) bond motifs is 1. The Bertz CT molecular complexity index is 1070. The molecule has 0 saturated heterocycles. The molecule has 7 nitrogen and oxygen atoms in total. The van der Waals surface area contributed by atoms with Gasteiger partial charge in [0.2, 0.25) is 0 Å². The maximum absolute atomic E-state index is 12.7. The molecule has 3 rings (SSSR count). The summed E-state index contributed by atoms with van der Waals surface area (Å²) in [4.78, 5) is 21.5. The zero-order valence-electron chi connectivity index (χ0n) is 18.0. The molecule has 32 heavy (non-hydrogen) atoms. The fourth-order valence-corrected chi connectivity index (χ4v) is 3.48. The summed E-state index contributed by atoms with van der Waals surface area (Å²) in [5.74, 6) is 1.54. The van der Waals surface area contributed by atoms with Crippen LogP contribution in [0.25, 0.3) is 11.0 Å². The number of benzene rings is 1. The molecular weight excluding hydrogens is 441 g/mol. The van der Waals surface area contributed by atoms with Gasteiger partial charge >= 0.3 is 6.18 Å². The van der Waals surface area contributed by atoms with Gasteiger partial charge in [0.1, 0.15) is 5.82 Å². The summed E-state index contributed by atoms with van der Waals surface area (Å²) >= 11 is 1.53. The Kier molecular flexibility index (Phi) is 7.60. The number of nitrogens with one attached hydrogen (secondary N) is 2. The van der Waals surface area contributed by atoms with Crippen LogP contribution in [0.1, 0.15) is 36.7 Å². The largest absolute Gasteiger partial charge is 0.416 e. The van der Waals surface area contributed by atoms with E-state index in [-0.39, 0.29) is 12.1 Å². The first kappa shape index (κ1) is 23.8. The van der Waals surface area contributed by atoms with Gasteiger partial charge in [-0.15, -0.1) is 0 Å². The molecule has 0 bridgehead atoms. The van der Waals surface area contributed by atoms with Crippen molar-refractivity contribution in [3.05, 3.63) is 41.6 Å². The zero-order valence-corrected chi connectivity index (χ0v) is 18.8. The van der Waals surface area contributed by atoms with Crippen molar-refractivity contribution >= 4 is 34.5 Å². The summed E-state index contributed by atoms with van der Waals surface area (Å²) in [6.07, 6.45) is -2.74. The predicted molar refractivity (Wildman–Crippen MR) is 119 cm³/mol. The smallest absolute Gasteiger partial charge is 0.369 e. The minimum Gasteiger partial charge on any atom is -0.369 e. The number of alkyl halides is 3. The molecule has 0 saturated carbocycles. The van der Waals surface area contributed by atoms with Gasteiger partial charge in [-0.05, 0) is 35.9 Å². The molecule has 11 heteroatoms. The number of hydrogen-bond acceptors (Lipinski definition) is 6. The van der Waals surface area contributed by atoms with Gasteiger partial charge in [-0.1, -0.05) is 32.5 Å². The number of hydrogen-bond donors (Lipinski definition) is 2. The molecule has 0 fully saturated rings. The molecule has 0 atom stereocenters. The van der Waals surface area contributed by atoms with Crippen LogP contribution in [-0.4, -0.2) is 44.5 Å². The first-order chi connectivity index (χ1) is 15.2. The predicted octanol–water partition coefficient (Wildman–Crippen LogP) is 4.46. The van der Waals surface area contributed by atoms with Gasteiger partial charge in [0.05, 0.1) is 23.7 Å². The lowest BCUT2D eigenvalue weighted by molar-refractivity contribution is -0.137. The van der Waals surface area contributed by atoms with Gasteiger partial charge in [-0.25, -0.2) is 14.6 Å². The number of nitrogens with zero attached hydrogens (tertiary/aromatic N) is 4. The number of anilines is 1. The zero-order chi connectivity index (χ0) is 23.3. The minimum atomic E-state index is -4.43. The molecule has 0 aliphatic carbocycles. The van der Waals surface area contributed by atoms with Gasteiger partial charge in [0, 0.05) is 18.7 Å². The third kappa shape index (κ3) is 5.90. The number of halogens is 3. The summed E-state index contributed by atoms with van der Waals surface area (Å²) in [6, 6.07) is 4.11. The molecule has 3 aromatic rings. The van der Waals surface area contributed by atoms with E-state index < -0.39 is 17.6 Å². The Balaban J connectivity index is 1.70. The Morgan fingerprint density at radius 3 is 2.53 bits per heavy atom. The third-order valence-corrected chi connectivity index (χ3v) is 5.24. The average Bonchev–Trinajstić information content (AvgIpc) is 3.14. The average molecular weight is 467 g/mol. The van der Waals surface area contributed by atoms with E-state index in [1.54, 1.807) is 10.9 Å². The van der Waals surface area contributed by atoms with E-state index in [9.17, 15) is 18.0 Å². The Morgan fingerprint density at radius 1 is 1.19 bits per heavy atom. The fourth-order valence-electron chi connectivity index (χ4n) is 2.92. The van der Waals surface area contributed by atoms with Crippen molar-refractivity contribution in [2.24, 2.45) is 5.92 Å². The number of amides is 1. The highest BCUT2D eigenvalue weighted by atomic mass is 32.2. The van der Waals surface area contributed by atoms with E-state index in [0.717, 1.165) is 47.8 Å². The van der Waals surface area contributed by atoms with E-state index >= 15 is 0 Å². The van der Waals surface area contributed by atoms with Crippen molar-refractivity contribution in [2.45, 2.75) is 38.6 Å². The third-order valence-electron chi connectivity index (χ3n) is 4.51. The van der Waals surface area contributed by atoms with Crippen LogP contribution in [0.15, 0.2) is 35.6 Å². The lowest BCUT2D eigenvalue weighted by Crippen LogP contribution is -2.27. The molecular formula is C21H25F3N6OS. The van der Waals surface area contributed by atoms with Crippen LogP contribution < -0.4 is 10.6 Å². The molecule has 1 aromatic carbocycles. The van der Waals surface area contributed by atoms with E-state index in [1.165, 1.54) is 11.8 Å². The van der Waals surface area contributed by atoms with E-state index in [2.05, 4.69) is 39.5 Å². The highest BCUT2D eigenvalue weighted by Gasteiger charge is 2.30. The lowest BCUT2D eigenvalue weighted by Gasteiger charge is -2.11. The second-order valence-electron chi connectivity index (χ2n) is 7.50. The van der Waals surface area contributed by atoms with Crippen LogP contribution in [0, 0.1) is 5.92 Å². The molecule has 172 valence electrons. The highest BCUT2D eigenvalue weighted by molar-refractivity contribution is 7.99. The SMILES string of the molecule is CCSc1nc(NCC(C)C)c2cnn(CCNC(=O)c3ccc(C(F)(F)F)cc3)c2n1. The number of carbonyl (C=O) groups is 1. The topological polar surface area (TPSA) is 84.7 Å². The first-order valence-corrected chi connectivity index (χ1v) is 11.2. The first-order valence-electron chi connectivity index (χ1n) is 10.2. The monoisotopic (exact) mass is 466 g/mol. The van der Waals surface area contributed by atoms with Crippen molar-refractivity contribution < 1.29 is 18.0 Å². The second-order valence-corrected chi connectivity index (χ2v) is 8.73. The highest BCUT2D eigenvalue weighted by Crippen LogP contribution is 2.29. The van der Waals surface area contributed by atoms with Gasteiger partial charge in [-0.3, -0.25) is 4.79 Å². The summed E-state index contributed by atoms with van der Waals surface area (Å²) in [7, 11) is 0. The molecule has 2 N–H and O–H groups in total. The molecule has 1 amide bonds. The minimum absolute atomic E-state index is 0.160. The summed E-state index contributed by atoms with van der Waals surface area (Å²) < 4.78 is 39.7. The van der Waals surface area contributed by atoms with Gasteiger partial charge < -0.3 is 10.6 Å². The van der Waals surface area contributed by atoms with Crippen LogP contribution in [0.4, 0.5) is 19.0 Å². The normalized spacial score (nSPS) is 11.8. The number of thioether (sulfide) groups is 1. The number of carbonyl (C=O) groups excluding carboxylic acids is 1. The molecule has 0 radical (unpaired) electrons. The van der Waals surface area contributed by atoms with Gasteiger partial charge in [-0.2, -0.15) is 18.3 Å². The molecule has 0 aliphatic heterocycles. The fraction of sp³-hybridized carbons (Fsp3) is 0.429. The van der Waals surface area contributed by atoms with Crippen molar-refractivity contribution in [2.75, 3.05) is 24.2 Å². The van der Waals surface area contributed by atoms with Crippen molar-refractivity contribution in [3.63, 3.8) is 0 Å². The number of rotatable bonds is 9. The van der Waals surface area contributed by atoms with Crippen molar-refractivity contribution in [3.8, 4) is 0 Å². The van der Waals surface area contributed by atoms with Gasteiger partial charge in [0.15, 0.2) is 10.8 Å². The van der Waals surface area contributed by atoms with Crippen LogP contribution in [0.5, 0.6) is 0 Å². The van der Waals surface area contributed by atoms with Crippen LogP contribution in [0.2, 0.25) is 0 Å². The van der Waals surface area contributed by atoms with Crippen LogP contribution in [-0.2, 0) is 12.7 Å². The molecule has 0 aliphatic rings. The quantitative estimate of drug-likeness (QED) is 0.358. The summed E-state index contributed by atoms with van der Waals surface area (Å²) in [5, 5.41) is 11.9. The van der Waals surface area contributed by atoms with E-state index in [1.807, 2.05) is 6.92 Å². The Morgan fingerprint density at radius 2 is 1.91 bits per heavy atom. The second kappa shape index (κ2) is 10.2. The molecule has 2 aromatic heterocycles.